The molecular formula is C25H30N4O2. The largest absolute Gasteiger partial charge is 0.478 e. The molecule has 6 heteroatoms. The number of aryl methyl sites for hydroxylation is 1. The zero-order valence-electron chi connectivity index (χ0n) is 18.1. The molecule has 1 N–H and O–H groups in total. The van der Waals surface area contributed by atoms with Crippen molar-refractivity contribution in [2.24, 2.45) is 5.92 Å². The molecule has 31 heavy (non-hydrogen) atoms. The topological polar surface area (TPSA) is 80.9 Å². The third kappa shape index (κ3) is 5.19. The van der Waals surface area contributed by atoms with Gasteiger partial charge >= 0.3 is 5.97 Å². The molecule has 0 bridgehead atoms. The van der Waals surface area contributed by atoms with Gasteiger partial charge in [-0.15, -0.1) is 0 Å². The Kier molecular flexibility index (Phi) is 6.75. The van der Waals surface area contributed by atoms with Crippen LogP contribution in [0.4, 0.5) is 0 Å². The van der Waals surface area contributed by atoms with Gasteiger partial charge in [0.25, 0.3) is 0 Å². The van der Waals surface area contributed by atoms with Crippen LogP contribution in [0.1, 0.15) is 73.0 Å². The molecule has 0 radical (unpaired) electrons. The van der Waals surface area contributed by atoms with E-state index in [1.807, 2.05) is 28.9 Å². The zero-order valence-corrected chi connectivity index (χ0v) is 18.1. The van der Waals surface area contributed by atoms with E-state index in [1.54, 1.807) is 18.3 Å². The molecular weight excluding hydrogens is 388 g/mol. The molecule has 2 heterocycles. The molecule has 1 aliphatic rings. The summed E-state index contributed by atoms with van der Waals surface area (Å²) in [4.78, 5) is 20.6. The average molecular weight is 419 g/mol. The Bertz CT molecular complexity index is 1020. The first-order chi connectivity index (χ1) is 15.1. The predicted molar refractivity (Wildman–Crippen MR) is 120 cm³/mol. The van der Waals surface area contributed by atoms with Gasteiger partial charge in [-0.3, -0.25) is 4.98 Å². The highest BCUT2D eigenvalue weighted by Gasteiger charge is 2.18. The molecule has 1 aliphatic carbocycles. The molecule has 0 unspecified atom stereocenters. The van der Waals surface area contributed by atoms with Crippen molar-refractivity contribution in [3.8, 4) is 11.3 Å². The highest BCUT2D eigenvalue weighted by Crippen LogP contribution is 2.26. The Balaban J connectivity index is 1.51. The lowest BCUT2D eigenvalue weighted by atomic mass is 9.87. The molecule has 2 aromatic heterocycles. The van der Waals surface area contributed by atoms with E-state index >= 15 is 0 Å². The molecule has 0 amide bonds. The summed E-state index contributed by atoms with van der Waals surface area (Å²) >= 11 is 0. The number of aromatic nitrogens is 4. The fourth-order valence-electron chi connectivity index (χ4n) is 4.45. The number of rotatable bonds is 8. The van der Waals surface area contributed by atoms with Crippen molar-refractivity contribution in [2.75, 3.05) is 0 Å². The van der Waals surface area contributed by atoms with Crippen LogP contribution in [0.5, 0.6) is 0 Å². The van der Waals surface area contributed by atoms with Gasteiger partial charge in [0.15, 0.2) is 5.82 Å². The third-order valence-electron chi connectivity index (χ3n) is 6.06. The van der Waals surface area contributed by atoms with Crippen molar-refractivity contribution in [1.82, 2.24) is 19.7 Å². The van der Waals surface area contributed by atoms with E-state index in [9.17, 15) is 9.90 Å². The van der Waals surface area contributed by atoms with E-state index in [-0.39, 0.29) is 5.56 Å². The summed E-state index contributed by atoms with van der Waals surface area (Å²) in [5.74, 6) is 1.78. The van der Waals surface area contributed by atoms with Crippen LogP contribution in [0.2, 0.25) is 0 Å². The number of benzene rings is 1. The van der Waals surface area contributed by atoms with Crippen molar-refractivity contribution in [3.63, 3.8) is 0 Å². The van der Waals surface area contributed by atoms with Crippen molar-refractivity contribution < 1.29 is 9.90 Å². The first-order valence-electron chi connectivity index (χ1n) is 11.3. The molecule has 6 nitrogen and oxygen atoms in total. The molecule has 0 saturated heterocycles. The van der Waals surface area contributed by atoms with Crippen molar-refractivity contribution in [1.29, 1.82) is 0 Å². The van der Waals surface area contributed by atoms with Crippen LogP contribution in [0.3, 0.4) is 0 Å². The summed E-state index contributed by atoms with van der Waals surface area (Å²) in [6, 6.07) is 11.1. The van der Waals surface area contributed by atoms with E-state index in [0.717, 1.165) is 48.0 Å². The highest BCUT2D eigenvalue weighted by molar-refractivity contribution is 5.94. The maximum atomic E-state index is 11.5. The lowest BCUT2D eigenvalue weighted by Crippen LogP contribution is -2.11. The van der Waals surface area contributed by atoms with Crippen LogP contribution in [0, 0.1) is 5.92 Å². The number of carboxylic acids is 1. The highest BCUT2D eigenvalue weighted by atomic mass is 16.4. The summed E-state index contributed by atoms with van der Waals surface area (Å²) in [6.07, 6.45) is 11.2. The molecule has 162 valence electrons. The molecule has 1 saturated carbocycles. The van der Waals surface area contributed by atoms with Crippen LogP contribution in [0.15, 0.2) is 42.6 Å². The SMILES string of the molecule is CCCc1nc(CC2CCCCC2)nn1Cc1ccc(-c2ncccc2C(=O)O)cc1. The summed E-state index contributed by atoms with van der Waals surface area (Å²) in [5.41, 5.74) is 2.61. The van der Waals surface area contributed by atoms with Gasteiger partial charge in [-0.05, 0) is 30.0 Å². The number of hydrogen-bond acceptors (Lipinski definition) is 4. The second-order valence-corrected chi connectivity index (χ2v) is 8.46. The van der Waals surface area contributed by atoms with Crippen LogP contribution >= 0.6 is 0 Å². The standard InChI is InChI=1S/C25H30N4O2/c1-2-7-23-27-22(16-18-8-4-3-5-9-18)28-29(23)17-19-11-13-20(14-12-19)24-21(25(30)31)10-6-15-26-24/h6,10-15,18H,2-5,7-9,16-17H2,1H3,(H,30,31). The van der Waals surface area contributed by atoms with Crippen LogP contribution in [-0.4, -0.2) is 30.8 Å². The van der Waals surface area contributed by atoms with Crippen LogP contribution < -0.4 is 0 Å². The Labute approximate surface area is 183 Å². The van der Waals surface area contributed by atoms with E-state index in [4.69, 9.17) is 10.1 Å². The molecule has 0 spiro atoms. The summed E-state index contributed by atoms with van der Waals surface area (Å²) in [5, 5.41) is 14.3. The van der Waals surface area contributed by atoms with Gasteiger partial charge in [-0.2, -0.15) is 5.10 Å². The normalized spacial score (nSPS) is 14.6. The molecule has 3 aromatic rings. The fraction of sp³-hybridized carbons (Fsp3) is 0.440. The predicted octanol–water partition coefficient (Wildman–Crippen LogP) is 5.16. The van der Waals surface area contributed by atoms with Crippen molar-refractivity contribution >= 4 is 5.97 Å². The van der Waals surface area contributed by atoms with Gasteiger partial charge < -0.3 is 5.11 Å². The first-order valence-corrected chi connectivity index (χ1v) is 11.3. The quantitative estimate of drug-likeness (QED) is 0.546. The lowest BCUT2D eigenvalue weighted by Gasteiger charge is -2.19. The van der Waals surface area contributed by atoms with Crippen LogP contribution in [0.25, 0.3) is 11.3 Å². The summed E-state index contributed by atoms with van der Waals surface area (Å²) in [7, 11) is 0. The van der Waals surface area contributed by atoms with E-state index < -0.39 is 5.97 Å². The van der Waals surface area contributed by atoms with E-state index in [1.165, 1.54) is 32.1 Å². The van der Waals surface area contributed by atoms with Crippen molar-refractivity contribution in [3.05, 3.63) is 65.4 Å². The molecule has 1 fully saturated rings. The molecule has 4 rings (SSSR count). The molecule has 0 atom stereocenters. The second kappa shape index (κ2) is 9.86. The van der Waals surface area contributed by atoms with Crippen molar-refractivity contribution in [2.45, 2.75) is 64.8 Å². The molecule has 1 aromatic carbocycles. The summed E-state index contributed by atoms with van der Waals surface area (Å²) in [6.45, 7) is 2.84. The monoisotopic (exact) mass is 418 g/mol. The van der Waals surface area contributed by atoms with Gasteiger partial charge in [0, 0.05) is 24.6 Å². The Morgan fingerprint density at radius 3 is 2.61 bits per heavy atom. The Morgan fingerprint density at radius 2 is 1.90 bits per heavy atom. The number of hydrogen-bond donors (Lipinski definition) is 1. The summed E-state index contributed by atoms with van der Waals surface area (Å²) < 4.78 is 2.04. The maximum Gasteiger partial charge on any atom is 0.337 e. The minimum Gasteiger partial charge on any atom is -0.478 e. The van der Waals surface area contributed by atoms with Gasteiger partial charge in [0.05, 0.1) is 17.8 Å². The lowest BCUT2D eigenvalue weighted by molar-refractivity contribution is 0.0697. The number of pyridine rings is 1. The smallest absolute Gasteiger partial charge is 0.337 e. The maximum absolute atomic E-state index is 11.5. The fourth-order valence-corrected chi connectivity index (χ4v) is 4.45. The van der Waals surface area contributed by atoms with E-state index in [2.05, 4.69) is 11.9 Å². The Hall–Kier alpha value is -3.02. The van der Waals surface area contributed by atoms with Crippen LogP contribution in [-0.2, 0) is 19.4 Å². The zero-order chi connectivity index (χ0) is 21.6. The third-order valence-corrected chi connectivity index (χ3v) is 6.06. The number of carbonyl (C=O) groups is 1. The van der Waals surface area contributed by atoms with Gasteiger partial charge in [0.2, 0.25) is 0 Å². The number of nitrogens with zero attached hydrogens (tertiary/aromatic N) is 4. The van der Waals surface area contributed by atoms with Gasteiger partial charge in [-0.25, -0.2) is 14.5 Å². The number of carboxylic acid groups (broad SMARTS) is 1. The van der Waals surface area contributed by atoms with E-state index in [0.29, 0.717) is 12.2 Å². The van der Waals surface area contributed by atoms with Gasteiger partial charge in [-0.1, -0.05) is 63.3 Å². The minimum atomic E-state index is -0.968. The first kappa shape index (κ1) is 21.2. The average Bonchev–Trinajstić information content (AvgIpc) is 3.16. The second-order valence-electron chi connectivity index (χ2n) is 8.46. The number of aromatic carboxylic acids is 1. The Morgan fingerprint density at radius 1 is 1.13 bits per heavy atom. The minimum absolute atomic E-state index is 0.212. The van der Waals surface area contributed by atoms with Gasteiger partial charge in [0.1, 0.15) is 5.82 Å². The molecule has 0 aliphatic heterocycles.